The Kier molecular flexibility index (Phi) is 6.45. The van der Waals surface area contributed by atoms with Crippen LogP contribution < -0.4 is 5.32 Å². The summed E-state index contributed by atoms with van der Waals surface area (Å²) >= 11 is 0. The monoisotopic (exact) mass is 337 g/mol. The average molecular weight is 337 g/mol. The summed E-state index contributed by atoms with van der Waals surface area (Å²) in [6, 6.07) is 1.96. The average Bonchev–Trinajstić information content (AvgIpc) is 3.05. The zero-order chi connectivity index (χ0) is 17.5. The number of carbonyl (C=O) groups is 1. The third-order valence-corrected chi connectivity index (χ3v) is 3.91. The van der Waals surface area contributed by atoms with Gasteiger partial charge >= 0.3 is 6.09 Å². The van der Waals surface area contributed by atoms with Crippen molar-refractivity contribution in [3.8, 4) is 0 Å². The van der Waals surface area contributed by atoms with Crippen LogP contribution in [0.5, 0.6) is 0 Å². The van der Waals surface area contributed by atoms with E-state index in [1.807, 2.05) is 13.0 Å². The molecular formula is C16H27N5O3. The predicted molar refractivity (Wildman–Crippen MR) is 91.0 cm³/mol. The first-order valence-corrected chi connectivity index (χ1v) is 8.38. The fourth-order valence-corrected chi connectivity index (χ4v) is 2.50. The summed E-state index contributed by atoms with van der Waals surface area (Å²) in [6.07, 6.45) is -0.247. The Morgan fingerprint density at radius 3 is 2.58 bits per heavy atom. The van der Waals surface area contributed by atoms with Crippen LogP contribution in [0.3, 0.4) is 0 Å². The van der Waals surface area contributed by atoms with Crippen molar-refractivity contribution in [2.45, 2.75) is 33.2 Å². The smallest absolute Gasteiger partial charge is 0.409 e. The largest absolute Gasteiger partial charge is 0.450 e. The molecule has 8 heteroatoms. The second kappa shape index (κ2) is 8.56. The minimum atomic E-state index is -0.247. The number of amides is 1. The molecule has 1 N–H and O–H groups in total. The summed E-state index contributed by atoms with van der Waals surface area (Å²) in [6.45, 7) is 9.58. The highest BCUT2D eigenvalue weighted by Crippen LogP contribution is 2.14. The van der Waals surface area contributed by atoms with Gasteiger partial charge in [-0.15, -0.1) is 0 Å². The Labute approximate surface area is 142 Å². The topological polar surface area (TPSA) is 83.2 Å². The molecule has 1 aromatic heterocycles. The summed E-state index contributed by atoms with van der Waals surface area (Å²) < 4.78 is 10.4. The van der Waals surface area contributed by atoms with Gasteiger partial charge in [-0.25, -0.2) is 4.79 Å². The molecule has 0 spiro atoms. The molecule has 0 unspecified atom stereocenters. The van der Waals surface area contributed by atoms with E-state index in [1.54, 1.807) is 11.9 Å². The van der Waals surface area contributed by atoms with Crippen LogP contribution in [0, 0.1) is 0 Å². The molecule has 2 rings (SSSR count). The van der Waals surface area contributed by atoms with Crippen LogP contribution in [0.4, 0.5) is 4.79 Å². The summed E-state index contributed by atoms with van der Waals surface area (Å²) in [5, 5.41) is 7.34. The van der Waals surface area contributed by atoms with E-state index in [4.69, 9.17) is 9.26 Å². The van der Waals surface area contributed by atoms with Gasteiger partial charge in [0.1, 0.15) is 0 Å². The highest BCUT2D eigenvalue weighted by atomic mass is 16.6. The number of hydrogen-bond donors (Lipinski definition) is 1. The number of aliphatic imine (C=N–C) groups is 1. The molecule has 1 aliphatic rings. The quantitative estimate of drug-likeness (QED) is 0.664. The SMILES string of the molecule is CCOC(=O)N1CCN(C(=NC)NCc2cc(C(C)C)no2)CC1. The van der Waals surface area contributed by atoms with Crippen molar-refractivity contribution in [1.29, 1.82) is 0 Å². The third-order valence-electron chi connectivity index (χ3n) is 3.91. The zero-order valence-corrected chi connectivity index (χ0v) is 14.9. The number of piperazine rings is 1. The molecule has 1 saturated heterocycles. The second-order valence-corrected chi connectivity index (χ2v) is 5.95. The molecule has 0 atom stereocenters. The molecule has 0 bridgehead atoms. The number of carbonyl (C=O) groups excluding carboxylic acids is 1. The Morgan fingerprint density at radius 1 is 1.38 bits per heavy atom. The van der Waals surface area contributed by atoms with Crippen molar-refractivity contribution in [2.24, 2.45) is 4.99 Å². The lowest BCUT2D eigenvalue weighted by molar-refractivity contribution is 0.0914. The van der Waals surface area contributed by atoms with Gasteiger partial charge in [0.05, 0.1) is 18.8 Å². The maximum Gasteiger partial charge on any atom is 0.409 e. The van der Waals surface area contributed by atoms with Gasteiger partial charge in [-0.05, 0) is 12.8 Å². The van der Waals surface area contributed by atoms with Crippen LogP contribution in [-0.4, -0.2) is 66.8 Å². The molecule has 1 aromatic rings. The van der Waals surface area contributed by atoms with E-state index < -0.39 is 0 Å². The Morgan fingerprint density at radius 2 is 2.04 bits per heavy atom. The van der Waals surface area contributed by atoms with Crippen LogP contribution in [0.25, 0.3) is 0 Å². The molecule has 2 heterocycles. The minimum Gasteiger partial charge on any atom is -0.450 e. The van der Waals surface area contributed by atoms with Gasteiger partial charge in [0.2, 0.25) is 0 Å². The van der Waals surface area contributed by atoms with Crippen LogP contribution >= 0.6 is 0 Å². The number of rotatable bonds is 4. The standard InChI is InChI=1S/C16H27N5O3/c1-5-23-16(22)21-8-6-20(7-9-21)15(17-4)18-11-13-10-14(12(2)3)19-24-13/h10,12H,5-9,11H2,1-4H3,(H,17,18). The van der Waals surface area contributed by atoms with Crippen molar-refractivity contribution in [1.82, 2.24) is 20.3 Å². The van der Waals surface area contributed by atoms with Crippen molar-refractivity contribution < 1.29 is 14.1 Å². The molecule has 0 aliphatic carbocycles. The maximum absolute atomic E-state index is 11.7. The first kappa shape index (κ1) is 18.1. The van der Waals surface area contributed by atoms with Crippen LogP contribution in [-0.2, 0) is 11.3 Å². The number of nitrogens with zero attached hydrogens (tertiary/aromatic N) is 4. The van der Waals surface area contributed by atoms with Crippen molar-refractivity contribution >= 4 is 12.1 Å². The number of nitrogens with one attached hydrogen (secondary N) is 1. The first-order valence-electron chi connectivity index (χ1n) is 8.38. The minimum absolute atomic E-state index is 0.247. The summed E-state index contributed by atoms with van der Waals surface area (Å²) in [7, 11) is 1.75. The normalized spacial score (nSPS) is 15.8. The predicted octanol–water partition coefficient (Wildman–Crippen LogP) is 1.65. The molecule has 0 radical (unpaired) electrons. The molecule has 1 fully saturated rings. The summed E-state index contributed by atoms with van der Waals surface area (Å²) in [4.78, 5) is 19.9. The highest BCUT2D eigenvalue weighted by molar-refractivity contribution is 5.80. The molecule has 0 aromatic carbocycles. The number of ether oxygens (including phenoxy) is 1. The lowest BCUT2D eigenvalue weighted by Crippen LogP contribution is -2.53. The molecule has 8 nitrogen and oxygen atoms in total. The van der Waals surface area contributed by atoms with Crippen molar-refractivity contribution in [3.05, 3.63) is 17.5 Å². The van der Waals surface area contributed by atoms with Gasteiger partial charge in [0, 0.05) is 39.3 Å². The first-order chi connectivity index (χ1) is 11.5. The lowest BCUT2D eigenvalue weighted by atomic mass is 10.1. The van der Waals surface area contributed by atoms with Gasteiger partial charge in [0.15, 0.2) is 11.7 Å². The fraction of sp³-hybridized carbons (Fsp3) is 0.688. The molecule has 1 amide bonds. The molecular weight excluding hydrogens is 310 g/mol. The van der Waals surface area contributed by atoms with Gasteiger partial charge in [-0.2, -0.15) is 0 Å². The van der Waals surface area contributed by atoms with E-state index in [-0.39, 0.29) is 6.09 Å². The van der Waals surface area contributed by atoms with Gasteiger partial charge in [-0.1, -0.05) is 19.0 Å². The van der Waals surface area contributed by atoms with Gasteiger partial charge < -0.3 is 24.4 Å². The van der Waals surface area contributed by atoms with E-state index in [9.17, 15) is 4.79 Å². The van der Waals surface area contributed by atoms with Gasteiger partial charge in [0.25, 0.3) is 0 Å². The molecule has 24 heavy (non-hydrogen) atoms. The van der Waals surface area contributed by atoms with Gasteiger partial charge in [-0.3, -0.25) is 4.99 Å². The van der Waals surface area contributed by atoms with Crippen LogP contribution in [0.1, 0.15) is 38.1 Å². The van der Waals surface area contributed by atoms with Crippen molar-refractivity contribution in [2.75, 3.05) is 39.8 Å². The van der Waals surface area contributed by atoms with E-state index in [0.717, 1.165) is 17.4 Å². The Hall–Kier alpha value is -2.25. The third kappa shape index (κ3) is 4.62. The van der Waals surface area contributed by atoms with Crippen LogP contribution in [0.2, 0.25) is 0 Å². The molecule has 0 saturated carbocycles. The number of aromatic nitrogens is 1. The number of guanidine groups is 1. The molecule has 134 valence electrons. The van der Waals surface area contributed by atoms with E-state index in [0.29, 0.717) is 45.2 Å². The summed E-state index contributed by atoms with van der Waals surface area (Å²) in [5.41, 5.74) is 0.949. The maximum atomic E-state index is 11.7. The molecule has 1 aliphatic heterocycles. The zero-order valence-electron chi connectivity index (χ0n) is 14.9. The number of hydrogen-bond acceptors (Lipinski definition) is 5. The van der Waals surface area contributed by atoms with Crippen molar-refractivity contribution in [3.63, 3.8) is 0 Å². The van der Waals surface area contributed by atoms with E-state index in [2.05, 4.69) is 34.2 Å². The van der Waals surface area contributed by atoms with Crippen LogP contribution in [0.15, 0.2) is 15.6 Å². The Balaban J connectivity index is 1.83. The second-order valence-electron chi connectivity index (χ2n) is 5.95. The fourth-order valence-electron chi connectivity index (χ4n) is 2.50. The van der Waals surface area contributed by atoms with E-state index >= 15 is 0 Å². The lowest BCUT2D eigenvalue weighted by Gasteiger charge is -2.35. The Bertz CT molecular complexity index is 562. The highest BCUT2D eigenvalue weighted by Gasteiger charge is 2.23. The summed E-state index contributed by atoms with van der Waals surface area (Å²) in [5.74, 6) is 1.92. The van der Waals surface area contributed by atoms with E-state index in [1.165, 1.54) is 0 Å².